The molecule has 27 heavy (non-hydrogen) atoms. The average Bonchev–Trinajstić information content (AvgIpc) is 2.58. The molecule has 0 aliphatic rings. The molecule has 0 radical (unpaired) electrons. The molecule has 5 nitrogen and oxygen atoms in total. The quantitative estimate of drug-likeness (QED) is 0.684. The lowest BCUT2D eigenvalue weighted by molar-refractivity contribution is -0.145. The zero-order valence-corrected chi connectivity index (χ0v) is 15.4. The molecule has 2 aromatic heterocycles. The van der Waals surface area contributed by atoms with E-state index in [2.05, 4.69) is 15.3 Å². The smallest absolute Gasteiger partial charge is 0.416 e. The van der Waals surface area contributed by atoms with Crippen LogP contribution in [0.5, 0.6) is 0 Å². The van der Waals surface area contributed by atoms with Gasteiger partial charge in [0.1, 0.15) is 11.6 Å². The van der Waals surface area contributed by atoms with Crippen LogP contribution in [0.15, 0.2) is 30.5 Å². The number of anilines is 2. The minimum Gasteiger partial charge on any atom is -0.465 e. The molecule has 2 heterocycles. The number of aromatic nitrogens is 2. The van der Waals surface area contributed by atoms with Gasteiger partial charge >= 0.3 is 12.1 Å². The molecular formula is C19H22F3N3O2. The second-order valence-corrected chi connectivity index (χ2v) is 6.10. The van der Waals surface area contributed by atoms with E-state index in [1.54, 1.807) is 19.1 Å². The predicted octanol–water partition coefficient (Wildman–Crippen LogP) is 4.99. The van der Waals surface area contributed by atoms with Crippen molar-refractivity contribution in [1.29, 1.82) is 0 Å². The van der Waals surface area contributed by atoms with Crippen LogP contribution in [0.3, 0.4) is 0 Å². The van der Waals surface area contributed by atoms with E-state index in [9.17, 15) is 18.0 Å². The highest BCUT2D eigenvalue weighted by atomic mass is 19.4. The van der Waals surface area contributed by atoms with E-state index in [0.29, 0.717) is 17.9 Å². The van der Waals surface area contributed by atoms with Gasteiger partial charge in [-0.2, -0.15) is 13.2 Å². The molecule has 0 saturated heterocycles. The van der Waals surface area contributed by atoms with E-state index in [0.717, 1.165) is 30.3 Å². The van der Waals surface area contributed by atoms with Gasteiger partial charge in [-0.1, -0.05) is 13.3 Å². The van der Waals surface area contributed by atoms with Crippen LogP contribution in [-0.2, 0) is 15.7 Å². The normalized spacial score (nSPS) is 12.5. The third kappa shape index (κ3) is 5.67. The van der Waals surface area contributed by atoms with Crippen molar-refractivity contribution >= 4 is 17.6 Å². The lowest BCUT2D eigenvalue weighted by Crippen LogP contribution is -2.17. The third-order valence-corrected chi connectivity index (χ3v) is 3.84. The Labute approximate surface area is 156 Å². The first kappa shape index (κ1) is 20.7. The maximum Gasteiger partial charge on any atom is 0.416 e. The first-order chi connectivity index (χ1) is 12.7. The lowest BCUT2D eigenvalue weighted by atomic mass is 9.98. The Balaban J connectivity index is 2.33. The van der Waals surface area contributed by atoms with E-state index in [1.807, 2.05) is 13.8 Å². The fourth-order valence-electron chi connectivity index (χ4n) is 2.66. The molecule has 2 aromatic rings. The molecule has 1 N–H and O–H groups in total. The van der Waals surface area contributed by atoms with Gasteiger partial charge < -0.3 is 10.1 Å². The number of aryl methyl sites for hydroxylation is 1. The molecule has 0 saturated carbocycles. The van der Waals surface area contributed by atoms with Gasteiger partial charge in [0.2, 0.25) is 0 Å². The molecule has 8 heteroatoms. The summed E-state index contributed by atoms with van der Waals surface area (Å²) in [5, 5.41) is 2.79. The number of nitrogens with one attached hydrogen (secondary N) is 1. The van der Waals surface area contributed by atoms with Crippen molar-refractivity contribution < 1.29 is 22.7 Å². The van der Waals surface area contributed by atoms with Crippen LogP contribution < -0.4 is 5.32 Å². The minimum absolute atomic E-state index is 0.0250. The number of hydrogen-bond acceptors (Lipinski definition) is 5. The topological polar surface area (TPSA) is 64.1 Å². The van der Waals surface area contributed by atoms with E-state index >= 15 is 0 Å². The monoisotopic (exact) mass is 381 g/mol. The number of rotatable bonds is 7. The Morgan fingerprint density at radius 1 is 1.22 bits per heavy atom. The molecule has 1 unspecified atom stereocenters. The number of carbonyl (C=O) groups excluding carboxylic acids is 1. The maximum atomic E-state index is 12.9. The summed E-state index contributed by atoms with van der Waals surface area (Å²) >= 11 is 0. The van der Waals surface area contributed by atoms with Gasteiger partial charge in [-0.25, -0.2) is 9.97 Å². The Bertz CT molecular complexity index is 794. The maximum absolute atomic E-state index is 12.9. The first-order valence-electron chi connectivity index (χ1n) is 8.70. The van der Waals surface area contributed by atoms with E-state index < -0.39 is 17.7 Å². The van der Waals surface area contributed by atoms with Crippen molar-refractivity contribution in [2.45, 2.75) is 45.7 Å². The number of hydrogen-bond donors (Lipinski definition) is 1. The zero-order chi connectivity index (χ0) is 20.0. The minimum atomic E-state index is -4.46. The van der Waals surface area contributed by atoms with Crippen molar-refractivity contribution in [1.82, 2.24) is 9.97 Å². The zero-order valence-electron chi connectivity index (χ0n) is 15.4. The summed E-state index contributed by atoms with van der Waals surface area (Å²) in [5.41, 5.74) is 0.535. The molecule has 0 aliphatic carbocycles. The average molecular weight is 381 g/mol. The third-order valence-electron chi connectivity index (χ3n) is 3.84. The van der Waals surface area contributed by atoms with Gasteiger partial charge in [0.15, 0.2) is 0 Å². The standard InChI is InChI=1S/C19H22F3N3O2/c1-4-6-14(18(26)27-5-2)15-9-12(3)10-17(24-15)25-16-11-13(7-8-23-16)19(20,21)22/h7-11,14H,4-6H2,1-3H3,(H,23,24,25). The van der Waals surface area contributed by atoms with Crippen molar-refractivity contribution in [2.75, 3.05) is 11.9 Å². The summed E-state index contributed by atoms with van der Waals surface area (Å²) < 4.78 is 43.7. The van der Waals surface area contributed by atoms with E-state index in [-0.39, 0.29) is 18.4 Å². The lowest BCUT2D eigenvalue weighted by Gasteiger charge is -2.16. The van der Waals surface area contributed by atoms with Crippen LogP contribution >= 0.6 is 0 Å². The molecule has 146 valence electrons. The van der Waals surface area contributed by atoms with Crippen LogP contribution in [0.25, 0.3) is 0 Å². The van der Waals surface area contributed by atoms with Crippen molar-refractivity contribution in [3.05, 3.63) is 47.3 Å². The summed E-state index contributed by atoms with van der Waals surface area (Å²) in [6, 6.07) is 5.28. The van der Waals surface area contributed by atoms with Crippen LogP contribution in [-0.4, -0.2) is 22.5 Å². The van der Waals surface area contributed by atoms with Gasteiger partial charge in [-0.15, -0.1) is 0 Å². The highest BCUT2D eigenvalue weighted by Crippen LogP contribution is 2.31. The Morgan fingerprint density at radius 3 is 2.59 bits per heavy atom. The van der Waals surface area contributed by atoms with Crippen molar-refractivity contribution in [3.63, 3.8) is 0 Å². The van der Waals surface area contributed by atoms with Gasteiger partial charge in [-0.3, -0.25) is 4.79 Å². The van der Waals surface area contributed by atoms with Crippen molar-refractivity contribution in [2.24, 2.45) is 0 Å². The number of nitrogens with zero attached hydrogens (tertiary/aromatic N) is 2. The van der Waals surface area contributed by atoms with E-state index in [4.69, 9.17) is 4.74 Å². The molecule has 0 aliphatic heterocycles. The highest BCUT2D eigenvalue weighted by molar-refractivity contribution is 5.77. The van der Waals surface area contributed by atoms with Gasteiger partial charge in [0.25, 0.3) is 0 Å². The molecule has 0 bridgehead atoms. The fraction of sp³-hybridized carbons (Fsp3) is 0.421. The van der Waals surface area contributed by atoms with Crippen molar-refractivity contribution in [3.8, 4) is 0 Å². The number of carbonyl (C=O) groups is 1. The Morgan fingerprint density at radius 2 is 1.96 bits per heavy atom. The SMILES string of the molecule is CCCC(C(=O)OCC)c1cc(C)cc(Nc2cc(C(F)(F)F)ccn2)n1. The first-order valence-corrected chi connectivity index (χ1v) is 8.70. The second kappa shape index (κ2) is 8.83. The molecule has 0 spiro atoms. The van der Waals surface area contributed by atoms with Gasteiger partial charge in [0, 0.05) is 6.20 Å². The molecule has 0 amide bonds. The highest BCUT2D eigenvalue weighted by Gasteiger charge is 2.30. The van der Waals surface area contributed by atoms with E-state index in [1.165, 1.54) is 0 Å². The van der Waals surface area contributed by atoms with Crippen LogP contribution in [0.2, 0.25) is 0 Å². The number of ether oxygens (including phenoxy) is 1. The number of pyridine rings is 2. The molecule has 2 rings (SSSR count). The summed E-state index contributed by atoms with van der Waals surface area (Å²) in [6.45, 7) is 5.78. The van der Waals surface area contributed by atoms with Crippen LogP contribution in [0.1, 0.15) is 49.4 Å². The second-order valence-electron chi connectivity index (χ2n) is 6.10. The predicted molar refractivity (Wildman–Crippen MR) is 95.8 cm³/mol. The summed E-state index contributed by atoms with van der Waals surface area (Å²) in [6.07, 6.45) is -2.05. The number of alkyl halides is 3. The molecule has 1 atom stereocenters. The Hall–Kier alpha value is -2.64. The molecule has 0 aromatic carbocycles. The number of esters is 1. The summed E-state index contributed by atoms with van der Waals surface area (Å²) in [4.78, 5) is 20.6. The fourth-order valence-corrected chi connectivity index (χ4v) is 2.66. The Kier molecular flexibility index (Phi) is 6.76. The molecular weight excluding hydrogens is 359 g/mol. The molecule has 0 fully saturated rings. The van der Waals surface area contributed by atoms with Crippen LogP contribution in [0, 0.1) is 6.92 Å². The van der Waals surface area contributed by atoms with Crippen LogP contribution in [0.4, 0.5) is 24.8 Å². The van der Waals surface area contributed by atoms with Gasteiger partial charge in [-0.05, 0) is 50.1 Å². The van der Waals surface area contributed by atoms with Gasteiger partial charge in [0.05, 0.1) is 23.8 Å². The summed E-state index contributed by atoms with van der Waals surface area (Å²) in [7, 11) is 0. The largest absolute Gasteiger partial charge is 0.465 e. The summed E-state index contributed by atoms with van der Waals surface area (Å²) in [5.74, 6) is -0.537. The number of halogens is 3.